The first kappa shape index (κ1) is 12.6. The summed E-state index contributed by atoms with van der Waals surface area (Å²) in [6, 6.07) is 0. The van der Waals surface area contributed by atoms with Crippen molar-refractivity contribution in [3.8, 4) is 0 Å². The summed E-state index contributed by atoms with van der Waals surface area (Å²) in [6.45, 7) is 11.6. The second-order valence-corrected chi connectivity index (χ2v) is 5.90. The smallest absolute Gasteiger partial charge is 0.334 e. The lowest BCUT2D eigenvalue weighted by atomic mass is 9.79. The van der Waals surface area contributed by atoms with Crippen molar-refractivity contribution in [2.24, 2.45) is 11.8 Å². The number of esters is 1. The molecule has 1 saturated heterocycles. The molecule has 2 aliphatic carbocycles. The van der Waals surface area contributed by atoms with Crippen molar-refractivity contribution in [1.29, 1.82) is 0 Å². The van der Waals surface area contributed by atoms with Gasteiger partial charge in [-0.1, -0.05) is 25.3 Å². The van der Waals surface area contributed by atoms with Crippen LogP contribution in [0.15, 0.2) is 36.5 Å². The molecule has 0 aromatic rings. The number of carbonyl (C=O) groups excluding carboxylic acids is 1. The fourth-order valence-electron chi connectivity index (χ4n) is 3.70. The van der Waals surface area contributed by atoms with Crippen LogP contribution in [-0.4, -0.2) is 34.0 Å². The molecule has 1 heterocycles. The predicted octanol–water partition coefficient (Wildman–Crippen LogP) is 1.10. The molecule has 1 aliphatic heterocycles. The molecule has 0 spiro atoms. The topological polar surface area (TPSA) is 66.8 Å². The van der Waals surface area contributed by atoms with E-state index in [1.54, 1.807) is 0 Å². The first-order valence-electron chi connectivity index (χ1n) is 6.51. The van der Waals surface area contributed by atoms with Crippen LogP contribution in [0.5, 0.6) is 0 Å². The van der Waals surface area contributed by atoms with Gasteiger partial charge in [-0.25, -0.2) is 4.79 Å². The molecule has 0 aromatic heterocycles. The fraction of sp³-hybridized carbons (Fsp3) is 0.533. The van der Waals surface area contributed by atoms with Crippen LogP contribution < -0.4 is 0 Å². The summed E-state index contributed by atoms with van der Waals surface area (Å²) < 4.78 is 5.30. The van der Waals surface area contributed by atoms with Crippen LogP contribution in [0, 0.1) is 11.8 Å². The fourth-order valence-corrected chi connectivity index (χ4v) is 3.70. The molecular formula is C15H18O4. The van der Waals surface area contributed by atoms with E-state index in [1.165, 1.54) is 0 Å². The van der Waals surface area contributed by atoms with Gasteiger partial charge in [0.15, 0.2) is 0 Å². The number of aliphatic hydroxyl groups excluding tert-OH is 1. The summed E-state index contributed by atoms with van der Waals surface area (Å²) in [7, 11) is 0. The van der Waals surface area contributed by atoms with E-state index in [-0.39, 0.29) is 17.9 Å². The summed E-state index contributed by atoms with van der Waals surface area (Å²) in [5, 5.41) is 20.9. The largest absolute Gasteiger partial charge is 0.458 e. The van der Waals surface area contributed by atoms with E-state index in [0.717, 1.165) is 5.57 Å². The molecule has 2 N–H and O–H groups in total. The molecule has 0 radical (unpaired) electrons. The first-order valence-corrected chi connectivity index (χ1v) is 6.51. The third-order valence-corrected chi connectivity index (χ3v) is 4.90. The number of fused-ring (bicyclic) bond motifs is 2. The highest BCUT2D eigenvalue weighted by Gasteiger charge is 2.56. The number of aliphatic hydroxyl groups is 2. The van der Waals surface area contributed by atoms with Gasteiger partial charge in [0.2, 0.25) is 0 Å². The van der Waals surface area contributed by atoms with Gasteiger partial charge in [0, 0.05) is 23.8 Å². The Balaban J connectivity index is 2.02. The molecule has 5 atom stereocenters. The molecule has 102 valence electrons. The van der Waals surface area contributed by atoms with Gasteiger partial charge >= 0.3 is 5.97 Å². The molecule has 0 aromatic carbocycles. The maximum atomic E-state index is 11.6. The quantitative estimate of drug-likeness (QED) is 0.390. The zero-order chi connectivity index (χ0) is 13.9. The Morgan fingerprint density at radius 1 is 1.32 bits per heavy atom. The van der Waals surface area contributed by atoms with Gasteiger partial charge in [-0.15, -0.1) is 0 Å². The lowest BCUT2D eigenvalue weighted by Crippen LogP contribution is -2.37. The Bertz CT molecular complexity index is 506. The van der Waals surface area contributed by atoms with Crippen molar-refractivity contribution in [2.75, 3.05) is 0 Å². The normalized spacial score (nSPS) is 45.8. The number of ether oxygens (including phenoxy) is 1. The highest BCUT2D eigenvalue weighted by Crippen LogP contribution is 2.53. The average Bonchev–Trinajstić information content (AvgIpc) is 2.68. The second kappa shape index (κ2) is 3.81. The molecule has 4 nitrogen and oxygen atoms in total. The third kappa shape index (κ3) is 1.56. The first-order chi connectivity index (χ1) is 8.84. The van der Waals surface area contributed by atoms with Crippen molar-refractivity contribution in [3.05, 3.63) is 36.5 Å². The number of hydrogen-bond donors (Lipinski definition) is 2. The van der Waals surface area contributed by atoms with Gasteiger partial charge in [0.1, 0.15) is 6.10 Å². The van der Waals surface area contributed by atoms with Crippen LogP contribution in [0.3, 0.4) is 0 Å². The maximum absolute atomic E-state index is 11.6. The molecule has 0 amide bonds. The molecule has 19 heavy (non-hydrogen) atoms. The van der Waals surface area contributed by atoms with Crippen LogP contribution in [0.4, 0.5) is 0 Å². The van der Waals surface area contributed by atoms with Gasteiger partial charge in [-0.05, 0) is 18.4 Å². The molecule has 3 fully saturated rings. The zero-order valence-corrected chi connectivity index (χ0v) is 10.8. The summed E-state index contributed by atoms with van der Waals surface area (Å²) in [6.07, 6.45) is 0.278. The highest BCUT2D eigenvalue weighted by molar-refractivity contribution is 5.91. The summed E-state index contributed by atoms with van der Waals surface area (Å²) >= 11 is 0. The summed E-state index contributed by atoms with van der Waals surface area (Å²) in [5.74, 6) is -0.831. The van der Waals surface area contributed by atoms with E-state index >= 15 is 0 Å². The monoisotopic (exact) mass is 262 g/mol. The Kier molecular flexibility index (Phi) is 2.53. The van der Waals surface area contributed by atoms with E-state index in [4.69, 9.17) is 4.74 Å². The summed E-state index contributed by atoms with van der Waals surface area (Å²) in [5.41, 5.74) is 0.440. The minimum Gasteiger partial charge on any atom is -0.458 e. The van der Waals surface area contributed by atoms with Gasteiger partial charge < -0.3 is 14.9 Å². The minimum atomic E-state index is -1.20. The summed E-state index contributed by atoms with van der Waals surface area (Å²) in [4.78, 5) is 11.6. The van der Waals surface area contributed by atoms with Gasteiger partial charge in [0.25, 0.3) is 0 Å². The van der Waals surface area contributed by atoms with Crippen LogP contribution in [-0.2, 0) is 9.53 Å². The lowest BCUT2D eigenvalue weighted by Gasteiger charge is -2.31. The van der Waals surface area contributed by atoms with Crippen molar-refractivity contribution in [1.82, 2.24) is 0 Å². The second-order valence-electron chi connectivity index (χ2n) is 5.90. The Labute approximate surface area is 112 Å². The van der Waals surface area contributed by atoms with Crippen LogP contribution in [0.1, 0.15) is 19.3 Å². The van der Waals surface area contributed by atoms with Crippen molar-refractivity contribution in [2.45, 2.75) is 37.1 Å². The van der Waals surface area contributed by atoms with E-state index in [9.17, 15) is 15.0 Å². The van der Waals surface area contributed by atoms with Gasteiger partial charge in [0.05, 0.1) is 11.7 Å². The number of carbonyl (C=O) groups is 1. The van der Waals surface area contributed by atoms with Crippen molar-refractivity contribution < 1.29 is 19.7 Å². The van der Waals surface area contributed by atoms with Crippen LogP contribution in [0.25, 0.3) is 0 Å². The number of rotatable bonds is 0. The Morgan fingerprint density at radius 3 is 2.68 bits per heavy atom. The predicted molar refractivity (Wildman–Crippen MR) is 69.1 cm³/mol. The number of hydrogen-bond acceptors (Lipinski definition) is 4. The van der Waals surface area contributed by atoms with Crippen molar-refractivity contribution in [3.63, 3.8) is 0 Å². The van der Waals surface area contributed by atoms with Gasteiger partial charge in [-0.2, -0.15) is 0 Å². The standard InChI is InChI=1S/C15H18O4/c1-7-4-13-10(8(2)14(17)19-13)6-15(18)9(3)12(16)5-11(7)15/h10-13,16,18H,1-6H2/t10-,11+,12+,13+,15-/m1/s1. The lowest BCUT2D eigenvalue weighted by molar-refractivity contribution is -0.139. The molecule has 2 saturated carbocycles. The average molecular weight is 262 g/mol. The SMILES string of the molecule is C=C1C(=O)O[C@H]2CC(=C)[C@@H]3C[C@H](O)C(=C)[C@]3(O)C[C@H]12. The van der Waals surface area contributed by atoms with Crippen LogP contribution in [0.2, 0.25) is 0 Å². The molecular weight excluding hydrogens is 244 g/mol. The van der Waals surface area contributed by atoms with E-state index in [1.807, 2.05) is 0 Å². The van der Waals surface area contributed by atoms with Crippen molar-refractivity contribution >= 4 is 5.97 Å². The van der Waals surface area contributed by atoms with E-state index in [2.05, 4.69) is 19.7 Å². The zero-order valence-electron chi connectivity index (χ0n) is 10.8. The minimum absolute atomic E-state index is 0.216. The molecule has 4 heteroatoms. The third-order valence-electron chi connectivity index (χ3n) is 4.90. The molecule has 3 aliphatic rings. The van der Waals surface area contributed by atoms with Gasteiger partial charge in [-0.3, -0.25) is 0 Å². The Hall–Kier alpha value is -1.39. The molecule has 3 rings (SSSR count). The molecule has 0 unspecified atom stereocenters. The van der Waals surface area contributed by atoms with E-state index < -0.39 is 17.7 Å². The maximum Gasteiger partial charge on any atom is 0.334 e. The Morgan fingerprint density at radius 2 is 2.00 bits per heavy atom. The van der Waals surface area contributed by atoms with E-state index in [0.29, 0.717) is 30.4 Å². The highest BCUT2D eigenvalue weighted by atomic mass is 16.6. The molecule has 0 bridgehead atoms. The van der Waals surface area contributed by atoms with Crippen LogP contribution >= 0.6 is 0 Å².